The Morgan fingerprint density at radius 2 is 1.33 bits per heavy atom. The van der Waals surface area contributed by atoms with Crippen molar-refractivity contribution in [1.29, 1.82) is 0 Å². The molecule has 0 radical (unpaired) electrons. The molecule has 0 aromatic heterocycles. The van der Waals surface area contributed by atoms with Crippen molar-refractivity contribution in [2.45, 2.75) is 50.0 Å². The van der Waals surface area contributed by atoms with E-state index < -0.39 is 10.0 Å². The normalized spacial score (nSPS) is 19.2. The van der Waals surface area contributed by atoms with E-state index >= 15 is 0 Å². The van der Waals surface area contributed by atoms with Gasteiger partial charge in [0.15, 0.2) is 0 Å². The summed E-state index contributed by atoms with van der Waals surface area (Å²) in [5.74, 6) is 0. The number of rotatable bonds is 4. The van der Waals surface area contributed by atoms with Crippen LogP contribution in [0, 0.1) is 5.41 Å². The monoisotopic (exact) mass is 383 g/mol. The van der Waals surface area contributed by atoms with E-state index in [0.29, 0.717) is 5.41 Å². The zero-order valence-electron chi connectivity index (χ0n) is 15.3. The first-order valence-electron chi connectivity index (χ1n) is 9.46. The molecule has 0 bridgehead atoms. The Kier molecular flexibility index (Phi) is 4.70. The van der Waals surface area contributed by atoms with Crippen LogP contribution in [0.4, 0.5) is 0 Å². The third-order valence-electron chi connectivity index (χ3n) is 6.15. The van der Waals surface area contributed by atoms with Gasteiger partial charge < -0.3 is 5.11 Å². The minimum Gasteiger partial charge on any atom is -0.392 e. The lowest BCUT2D eigenvalue weighted by molar-refractivity contribution is 0.282. The zero-order valence-corrected chi connectivity index (χ0v) is 16.1. The molecule has 2 aromatic rings. The van der Waals surface area contributed by atoms with E-state index in [-0.39, 0.29) is 11.5 Å². The molecule has 1 saturated carbocycles. The van der Waals surface area contributed by atoms with Gasteiger partial charge in [0.1, 0.15) is 0 Å². The number of aliphatic hydroxyl groups is 1. The van der Waals surface area contributed by atoms with Gasteiger partial charge in [-0.25, -0.2) is 13.6 Å². The number of aliphatic hydroxyl groups excluding tert-OH is 1. The van der Waals surface area contributed by atoms with Crippen molar-refractivity contribution >= 4 is 21.2 Å². The SMILES string of the molecule is NS(=O)(=O)c1ccc(C2=C(c3ccc(CO)cc3)CC3(CCCC3)C2)cc1. The van der Waals surface area contributed by atoms with Gasteiger partial charge in [-0.3, -0.25) is 0 Å². The number of allylic oxidation sites excluding steroid dienone is 2. The van der Waals surface area contributed by atoms with Gasteiger partial charge in [-0.1, -0.05) is 49.2 Å². The second-order valence-electron chi connectivity index (χ2n) is 7.94. The Balaban J connectivity index is 1.76. The van der Waals surface area contributed by atoms with E-state index in [1.807, 2.05) is 24.3 Å². The van der Waals surface area contributed by atoms with Crippen molar-refractivity contribution in [3.63, 3.8) is 0 Å². The molecule has 27 heavy (non-hydrogen) atoms. The average Bonchev–Trinajstić information content (AvgIpc) is 3.28. The average molecular weight is 384 g/mol. The summed E-state index contributed by atoms with van der Waals surface area (Å²) in [6.07, 6.45) is 7.19. The fraction of sp³-hybridized carbons (Fsp3) is 0.364. The lowest BCUT2D eigenvalue weighted by Gasteiger charge is -2.23. The van der Waals surface area contributed by atoms with Crippen molar-refractivity contribution in [2.24, 2.45) is 10.6 Å². The first-order valence-corrected chi connectivity index (χ1v) is 11.0. The summed E-state index contributed by atoms with van der Waals surface area (Å²) < 4.78 is 23.1. The molecule has 4 nitrogen and oxygen atoms in total. The molecule has 2 aromatic carbocycles. The molecule has 0 saturated heterocycles. The van der Waals surface area contributed by atoms with Gasteiger partial charge >= 0.3 is 0 Å². The number of nitrogens with two attached hydrogens (primary N) is 1. The van der Waals surface area contributed by atoms with Crippen molar-refractivity contribution in [1.82, 2.24) is 0 Å². The molecule has 4 rings (SSSR count). The Bertz CT molecular complexity index is 967. The standard InChI is InChI=1S/C22H25NO3S/c23-27(25,26)19-9-7-18(8-10-19)21-14-22(11-1-2-12-22)13-20(21)17-5-3-16(15-24)4-6-17/h3-10,24H,1-2,11-15H2,(H2,23,25,26). The molecule has 0 unspecified atom stereocenters. The van der Waals surface area contributed by atoms with Crippen LogP contribution < -0.4 is 5.14 Å². The Labute approximate surface area is 160 Å². The van der Waals surface area contributed by atoms with E-state index in [0.717, 1.165) is 24.0 Å². The van der Waals surface area contributed by atoms with Crippen LogP contribution in [0.2, 0.25) is 0 Å². The fourth-order valence-electron chi connectivity index (χ4n) is 4.71. The highest BCUT2D eigenvalue weighted by molar-refractivity contribution is 7.89. The van der Waals surface area contributed by atoms with Crippen molar-refractivity contribution < 1.29 is 13.5 Å². The molecule has 1 fully saturated rings. The summed E-state index contributed by atoms with van der Waals surface area (Å²) in [7, 11) is -3.68. The summed E-state index contributed by atoms with van der Waals surface area (Å²) in [5.41, 5.74) is 6.19. The van der Waals surface area contributed by atoms with Crippen LogP contribution in [0.25, 0.3) is 11.1 Å². The molecular weight excluding hydrogens is 358 g/mol. The molecule has 0 amide bonds. The van der Waals surface area contributed by atoms with Gasteiger partial charge in [0.05, 0.1) is 11.5 Å². The van der Waals surface area contributed by atoms with Crippen LogP contribution in [0.5, 0.6) is 0 Å². The van der Waals surface area contributed by atoms with Crippen LogP contribution in [0.1, 0.15) is 55.2 Å². The molecule has 0 atom stereocenters. The Morgan fingerprint density at radius 3 is 1.78 bits per heavy atom. The number of hydrogen-bond acceptors (Lipinski definition) is 3. The highest BCUT2D eigenvalue weighted by atomic mass is 32.2. The molecular formula is C22H25NO3S. The van der Waals surface area contributed by atoms with E-state index in [1.54, 1.807) is 12.1 Å². The van der Waals surface area contributed by atoms with Crippen LogP contribution in [0.3, 0.4) is 0 Å². The van der Waals surface area contributed by atoms with Gasteiger partial charge in [0.2, 0.25) is 10.0 Å². The quantitative estimate of drug-likeness (QED) is 0.834. The van der Waals surface area contributed by atoms with Gasteiger partial charge in [-0.15, -0.1) is 0 Å². The fourth-order valence-corrected chi connectivity index (χ4v) is 5.23. The molecule has 2 aliphatic carbocycles. The summed E-state index contributed by atoms with van der Waals surface area (Å²) in [6, 6.07) is 15.1. The van der Waals surface area contributed by atoms with Gasteiger partial charge in [-0.05, 0) is 71.1 Å². The molecule has 3 N–H and O–H groups in total. The summed E-state index contributed by atoms with van der Waals surface area (Å²) in [6.45, 7) is 0.0468. The highest BCUT2D eigenvalue weighted by Gasteiger charge is 2.41. The molecule has 2 aliphatic rings. The smallest absolute Gasteiger partial charge is 0.238 e. The van der Waals surface area contributed by atoms with Crippen molar-refractivity contribution in [2.75, 3.05) is 0 Å². The highest BCUT2D eigenvalue weighted by Crippen LogP contribution is 2.57. The number of benzene rings is 2. The first kappa shape index (κ1) is 18.4. The number of primary sulfonamides is 1. The van der Waals surface area contributed by atoms with Crippen LogP contribution in [0.15, 0.2) is 53.4 Å². The van der Waals surface area contributed by atoms with E-state index in [4.69, 9.17) is 5.14 Å². The molecule has 1 spiro atoms. The zero-order chi connectivity index (χ0) is 19.1. The predicted molar refractivity (Wildman–Crippen MR) is 107 cm³/mol. The molecule has 5 heteroatoms. The van der Waals surface area contributed by atoms with Gasteiger partial charge in [0, 0.05) is 0 Å². The second kappa shape index (κ2) is 6.89. The van der Waals surface area contributed by atoms with E-state index in [2.05, 4.69) is 12.1 Å². The Hall–Kier alpha value is -1.95. The van der Waals surface area contributed by atoms with E-state index in [1.165, 1.54) is 42.4 Å². The lowest BCUT2D eigenvalue weighted by Crippen LogP contribution is -2.12. The first-order chi connectivity index (χ1) is 12.9. The van der Waals surface area contributed by atoms with Gasteiger partial charge in [-0.2, -0.15) is 0 Å². The maximum Gasteiger partial charge on any atom is 0.238 e. The van der Waals surface area contributed by atoms with Crippen LogP contribution >= 0.6 is 0 Å². The van der Waals surface area contributed by atoms with Crippen LogP contribution in [-0.4, -0.2) is 13.5 Å². The minimum absolute atomic E-state index is 0.0468. The minimum atomic E-state index is -3.68. The second-order valence-corrected chi connectivity index (χ2v) is 9.50. The van der Waals surface area contributed by atoms with Gasteiger partial charge in [0.25, 0.3) is 0 Å². The summed E-state index contributed by atoms with van der Waals surface area (Å²) in [5, 5.41) is 14.6. The Morgan fingerprint density at radius 1 is 0.852 bits per heavy atom. The maximum absolute atomic E-state index is 11.6. The molecule has 0 heterocycles. The third-order valence-corrected chi connectivity index (χ3v) is 7.08. The molecule has 142 valence electrons. The number of hydrogen-bond donors (Lipinski definition) is 2. The maximum atomic E-state index is 11.6. The largest absolute Gasteiger partial charge is 0.392 e. The van der Waals surface area contributed by atoms with Crippen LogP contribution in [-0.2, 0) is 16.6 Å². The molecule has 0 aliphatic heterocycles. The van der Waals surface area contributed by atoms with E-state index in [9.17, 15) is 13.5 Å². The predicted octanol–water partition coefficient (Wildman–Crippen LogP) is 4.09. The van der Waals surface area contributed by atoms with Crippen molar-refractivity contribution in [3.8, 4) is 0 Å². The summed E-state index contributed by atoms with van der Waals surface area (Å²) in [4.78, 5) is 0.147. The third kappa shape index (κ3) is 3.59. The number of sulfonamides is 1. The topological polar surface area (TPSA) is 80.4 Å². The van der Waals surface area contributed by atoms with Crippen molar-refractivity contribution in [3.05, 3.63) is 65.2 Å². The lowest BCUT2D eigenvalue weighted by atomic mass is 9.81. The summed E-state index contributed by atoms with van der Waals surface area (Å²) >= 11 is 0.